The molecule has 62 valence electrons. The molecule has 0 aliphatic carbocycles. The Morgan fingerprint density at radius 1 is 1.73 bits per heavy atom. The molecule has 1 amide bonds. The normalized spacial score (nSPS) is 18.1. The van der Waals surface area contributed by atoms with Gasteiger partial charge in [-0.05, 0) is 6.42 Å². The van der Waals surface area contributed by atoms with E-state index in [4.69, 9.17) is 17.3 Å². The van der Waals surface area contributed by atoms with Crippen molar-refractivity contribution < 1.29 is 9.90 Å². The Hall–Kier alpha value is -0.130. The predicted octanol–water partition coefficient (Wildman–Crippen LogP) is 0.229. The van der Waals surface area contributed by atoms with Crippen LogP contribution in [0.1, 0.15) is 6.42 Å². The van der Waals surface area contributed by atoms with Crippen LogP contribution in [0.2, 0.25) is 0 Å². The number of aliphatic hydroxyl groups excluding tert-OH is 1. The maximum absolute atomic E-state index is 11.0. The number of carbonyl (C=O) groups excluding carboxylic acids is 1. The molecule has 0 bridgehead atoms. The Morgan fingerprint density at radius 2 is 2.45 bits per heavy atom. The van der Waals surface area contributed by atoms with Crippen LogP contribution < -0.4 is 0 Å². The molecule has 1 fully saturated rings. The number of hydrogen-bond donors (Lipinski definition) is 1. The van der Waals surface area contributed by atoms with Gasteiger partial charge in [0.1, 0.15) is 4.32 Å². The lowest BCUT2D eigenvalue weighted by Gasteiger charge is -2.12. The van der Waals surface area contributed by atoms with E-state index in [0.29, 0.717) is 23.0 Å². The minimum Gasteiger partial charge on any atom is -0.396 e. The van der Waals surface area contributed by atoms with E-state index in [1.807, 2.05) is 0 Å². The van der Waals surface area contributed by atoms with E-state index in [1.54, 1.807) is 4.90 Å². The Balaban J connectivity index is 2.41. The number of thioether (sulfide) groups is 1. The van der Waals surface area contributed by atoms with Crippen LogP contribution in [-0.4, -0.2) is 39.1 Å². The van der Waals surface area contributed by atoms with Crippen LogP contribution in [0.5, 0.6) is 0 Å². The van der Waals surface area contributed by atoms with Crippen molar-refractivity contribution >= 4 is 34.2 Å². The molecule has 0 radical (unpaired) electrons. The maximum atomic E-state index is 11.0. The molecule has 0 spiro atoms. The Kier molecular flexibility index (Phi) is 3.29. The van der Waals surface area contributed by atoms with E-state index in [2.05, 4.69) is 0 Å². The molecule has 1 aliphatic heterocycles. The molecule has 1 aliphatic rings. The molecule has 1 heterocycles. The molecule has 0 aromatic carbocycles. The van der Waals surface area contributed by atoms with E-state index in [0.717, 1.165) is 0 Å². The number of carbonyl (C=O) groups is 1. The lowest BCUT2D eigenvalue weighted by Crippen LogP contribution is -2.29. The number of thiocarbonyl (C=S) groups is 1. The Labute approximate surface area is 74.8 Å². The van der Waals surface area contributed by atoms with Gasteiger partial charge in [-0.1, -0.05) is 24.0 Å². The van der Waals surface area contributed by atoms with Gasteiger partial charge >= 0.3 is 0 Å². The average molecular weight is 191 g/mol. The van der Waals surface area contributed by atoms with Gasteiger partial charge in [0, 0.05) is 13.2 Å². The van der Waals surface area contributed by atoms with E-state index in [9.17, 15) is 4.79 Å². The topological polar surface area (TPSA) is 40.5 Å². The largest absolute Gasteiger partial charge is 0.396 e. The third-order valence-electron chi connectivity index (χ3n) is 1.38. The first-order valence-electron chi connectivity index (χ1n) is 3.33. The first-order chi connectivity index (χ1) is 5.25. The summed E-state index contributed by atoms with van der Waals surface area (Å²) in [6.45, 7) is 0.665. The van der Waals surface area contributed by atoms with Crippen molar-refractivity contribution in [2.24, 2.45) is 0 Å². The molecule has 0 aromatic rings. The molecule has 3 nitrogen and oxygen atoms in total. The number of amides is 1. The van der Waals surface area contributed by atoms with Gasteiger partial charge in [0.25, 0.3) is 0 Å². The third kappa shape index (κ3) is 2.15. The average Bonchev–Trinajstić information content (AvgIpc) is 2.29. The molecule has 1 saturated heterocycles. The minimum absolute atomic E-state index is 0.0634. The zero-order valence-corrected chi connectivity index (χ0v) is 7.58. The lowest BCUT2D eigenvalue weighted by molar-refractivity contribution is -0.124. The Bertz CT molecular complexity index is 167. The quantitative estimate of drug-likeness (QED) is 0.648. The fourth-order valence-corrected chi connectivity index (χ4v) is 1.95. The zero-order chi connectivity index (χ0) is 8.27. The summed E-state index contributed by atoms with van der Waals surface area (Å²) >= 11 is 6.31. The lowest BCUT2D eigenvalue weighted by atomic mass is 10.4. The van der Waals surface area contributed by atoms with Crippen molar-refractivity contribution in [2.75, 3.05) is 18.9 Å². The highest BCUT2D eigenvalue weighted by Crippen LogP contribution is 2.18. The summed E-state index contributed by atoms with van der Waals surface area (Å²) in [5.41, 5.74) is 0. The van der Waals surface area contributed by atoms with Crippen LogP contribution in [-0.2, 0) is 4.79 Å². The molecule has 5 heteroatoms. The zero-order valence-electron chi connectivity index (χ0n) is 5.95. The van der Waals surface area contributed by atoms with Crippen LogP contribution >= 0.6 is 24.0 Å². The van der Waals surface area contributed by atoms with Crippen LogP contribution in [0.3, 0.4) is 0 Å². The van der Waals surface area contributed by atoms with E-state index in [1.165, 1.54) is 11.8 Å². The van der Waals surface area contributed by atoms with Gasteiger partial charge < -0.3 is 5.11 Å². The fourth-order valence-electron chi connectivity index (χ4n) is 0.826. The van der Waals surface area contributed by atoms with Crippen LogP contribution in [0.15, 0.2) is 0 Å². The van der Waals surface area contributed by atoms with Crippen molar-refractivity contribution in [3.8, 4) is 0 Å². The van der Waals surface area contributed by atoms with Crippen molar-refractivity contribution in [1.82, 2.24) is 4.90 Å². The summed E-state index contributed by atoms with van der Waals surface area (Å²) in [4.78, 5) is 12.6. The van der Waals surface area contributed by atoms with Crippen molar-refractivity contribution in [2.45, 2.75) is 6.42 Å². The first-order valence-corrected chi connectivity index (χ1v) is 4.73. The van der Waals surface area contributed by atoms with Crippen LogP contribution in [0, 0.1) is 0 Å². The number of hydrogen-bond acceptors (Lipinski definition) is 4. The van der Waals surface area contributed by atoms with Crippen molar-refractivity contribution in [1.29, 1.82) is 0 Å². The standard InChI is InChI=1S/C6H9NO2S2/c8-3-1-2-7-5(9)4-11-6(7)10/h8H,1-4H2. The summed E-state index contributed by atoms with van der Waals surface area (Å²) in [7, 11) is 0. The van der Waals surface area contributed by atoms with Gasteiger partial charge in [0.05, 0.1) is 5.75 Å². The molecule has 0 unspecified atom stereocenters. The smallest absolute Gasteiger partial charge is 0.238 e. The highest BCUT2D eigenvalue weighted by Gasteiger charge is 2.25. The second-order valence-corrected chi connectivity index (χ2v) is 3.79. The number of aliphatic hydroxyl groups is 1. The second kappa shape index (κ2) is 4.04. The first kappa shape index (κ1) is 8.96. The van der Waals surface area contributed by atoms with Gasteiger partial charge in [-0.25, -0.2) is 0 Å². The van der Waals surface area contributed by atoms with Gasteiger partial charge in [0.15, 0.2) is 0 Å². The second-order valence-electron chi connectivity index (χ2n) is 2.18. The summed E-state index contributed by atoms with van der Waals surface area (Å²) in [6, 6.07) is 0. The van der Waals surface area contributed by atoms with Crippen molar-refractivity contribution in [3.63, 3.8) is 0 Å². The van der Waals surface area contributed by atoms with Gasteiger partial charge in [-0.2, -0.15) is 0 Å². The Morgan fingerprint density at radius 3 is 2.91 bits per heavy atom. The SMILES string of the molecule is O=C1CSC(=S)N1CCCO. The predicted molar refractivity (Wildman–Crippen MR) is 48.5 cm³/mol. The van der Waals surface area contributed by atoms with Gasteiger partial charge in [0.2, 0.25) is 5.91 Å². The third-order valence-corrected chi connectivity index (χ3v) is 2.81. The van der Waals surface area contributed by atoms with Gasteiger partial charge in [-0.3, -0.25) is 9.69 Å². The van der Waals surface area contributed by atoms with E-state index >= 15 is 0 Å². The molecule has 0 aromatic heterocycles. The molecule has 0 saturated carbocycles. The molecule has 0 atom stereocenters. The highest BCUT2D eigenvalue weighted by atomic mass is 32.2. The monoisotopic (exact) mass is 191 g/mol. The van der Waals surface area contributed by atoms with E-state index < -0.39 is 0 Å². The van der Waals surface area contributed by atoms with E-state index in [-0.39, 0.29) is 12.5 Å². The summed E-state index contributed by atoms with van der Waals surface area (Å²) in [6.07, 6.45) is 0.604. The van der Waals surface area contributed by atoms with Gasteiger partial charge in [-0.15, -0.1) is 0 Å². The van der Waals surface area contributed by atoms with Crippen LogP contribution in [0.25, 0.3) is 0 Å². The number of rotatable bonds is 3. The number of nitrogens with zero attached hydrogens (tertiary/aromatic N) is 1. The molecular formula is C6H9NO2S2. The molecular weight excluding hydrogens is 182 g/mol. The fraction of sp³-hybridized carbons (Fsp3) is 0.667. The maximum Gasteiger partial charge on any atom is 0.238 e. The summed E-state index contributed by atoms with van der Waals surface area (Å²) in [5, 5.41) is 8.51. The van der Waals surface area contributed by atoms with Crippen LogP contribution in [0.4, 0.5) is 0 Å². The minimum atomic E-state index is 0.0634. The molecule has 1 rings (SSSR count). The summed E-state index contributed by atoms with van der Waals surface area (Å²) in [5.74, 6) is 0.526. The summed E-state index contributed by atoms with van der Waals surface area (Å²) < 4.78 is 0.642. The molecule has 11 heavy (non-hydrogen) atoms. The highest BCUT2D eigenvalue weighted by molar-refractivity contribution is 8.23. The molecule has 1 N–H and O–H groups in total. The van der Waals surface area contributed by atoms with Crippen molar-refractivity contribution in [3.05, 3.63) is 0 Å².